The maximum Gasteiger partial charge on any atom is 0.171 e. The lowest BCUT2D eigenvalue weighted by molar-refractivity contribution is -0.985. The number of quaternary nitrogens is 1. The second-order valence-electron chi connectivity index (χ2n) is 10.1. The number of aliphatic hydroxyl groups is 1. The first kappa shape index (κ1) is 24.7. The Kier molecular flexibility index (Phi) is 6.29. The van der Waals surface area contributed by atoms with Crippen molar-refractivity contribution in [3.8, 4) is 5.75 Å². The maximum atomic E-state index is 15.0. The number of nitrogens with zero attached hydrogens (tertiary/aromatic N) is 2. The van der Waals surface area contributed by atoms with Gasteiger partial charge in [0.25, 0.3) is 0 Å². The van der Waals surface area contributed by atoms with Crippen LogP contribution in [-0.2, 0) is 6.54 Å². The highest BCUT2D eigenvalue weighted by molar-refractivity contribution is 5.83. The second kappa shape index (κ2) is 9.16. The lowest BCUT2D eigenvalue weighted by Gasteiger charge is -2.58. The molecule has 3 aromatic rings. The van der Waals surface area contributed by atoms with Gasteiger partial charge in [-0.1, -0.05) is 6.08 Å². The van der Waals surface area contributed by atoms with Gasteiger partial charge in [-0.05, 0) is 42.7 Å². The third-order valence-electron chi connectivity index (χ3n) is 8.39. The van der Waals surface area contributed by atoms with E-state index in [1.54, 1.807) is 37.6 Å². The average Bonchev–Trinajstić information content (AvgIpc) is 2.92. The number of aromatic nitrogens is 1. The Labute approximate surface area is 207 Å². The third-order valence-corrected chi connectivity index (χ3v) is 8.39. The molecule has 0 saturated carbocycles. The number of aliphatic hydroxyl groups excluding tert-OH is 1. The van der Waals surface area contributed by atoms with Gasteiger partial charge in [0.15, 0.2) is 23.3 Å². The van der Waals surface area contributed by atoms with Crippen molar-refractivity contribution in [2.45, 2.75) is 38.5 Å². The lowest BCUT2D eigenvalue weighted by Crippen LogP contribution is -2.67. The number of piperidine rings is 3. The van der Waals surface area contributed by atoms with Crippen LogP contribution in [0.15, 0.2) is 43.1 Å². The number of ether oxygens (including phenoxy) is 1. The molecule has 0 spiro atoms. The molecule has 3 saturated heterocycles. The van der Waals surface area contributed by atoms with Gasteiger partial charge in [0, 0.05) is 35.9 Å². The standard InChI is InChI=1S/C28H29F4N2O2/c1-4-16-13-34(14-21-26(31)24(29)15(2)25(30)27(21)32)10-8-17(16)11-23(34)28(35)19-7-9-33-22-6-5-18(36-3)12-20(19)22/h4-7,9,12,16-17,23,28,35H,1,8,10-11,13-14H2,2-3H3/q+1/t16?,17?,23?,28-,34?/m1/s1. The molecule has 36 heavy (non-hydrogen) atoms. The minimum absolute atomic E-state index is 0.0720. The summed E-state index contributed by atoms with van der Waals surface area (Å²) >= 11 is 0. The summed E-state index contributed by atoms with van der Waals surface area (Å²) in [7, 11) is 1.55. The molecule has 190 valence electrons. The van der Waals surface area contributed by atoms with E-state index < -0.39 is 46.5 Å². The molecule has 2 bridgehead atoms. The van der Waals surface area contributed by atoms with E-state index in [9.17, 15) is 13.9 Å². The van der Waals surface area contributed by atoms with Gasteiger partial charge in [0.05, 0.1) is 31.3 Å². The molecule has 3 aliphatic rings. The number of methoxy groups -OCH3 is 1. The van der Waals surface area contributed by atoms with E-state index in [2.05, 4.69) is 11.6 Å². The number of halogens is 4. The normalized spacial score (nSPS) is 26.2. The first-order chi connectivity index (χ1) is 17.2. The Morgan fingerprint density at radius 1 is 1.17 bits per heavy atom. The summed E-state index contributed by atoms with van der Waals surface area (Å²) in [5.74, 6) is -4.55. The molecule has 0 amide bonds. The average molecular weight is 502 g/mol. The minimum atomic E-state index is -1.38. The summed E-state index contributed by atoms with van der Waals surface area (Å²) in [6.45, 7) is 5.69. The zero-order valence-electron chi connectivity index (χ0n) is 20.3. The van der Waals surface area contributed by atoms with Crippen molar-refractivity contribution in [2.24, 2.45) is 11.8 Å². The number of hydrogen-bond donors (Lipinski definition) is 1. The molecule has 3 fully saturated rings. The number of pyridine rings is 1. The van der Waals surface area contributed by atoms with E-state index in [-0.39, 0.29) is 22.9 Å². The van der Waals surface area contributed by atoms with E-state index in [4.69, 9.17) is 4.74 Å². The summed E-state index contributed by atoms with van der Waals surface area (Å²) in [4.78, 5) is 4.39. The molecule has 1 N–H and O–H groups in total. The van der Waals surface area contributed by atoms with Gasteiger partial charge in [0.2, 0.25) is 0 Å². The van der Waals surface area contributed by atoms with Gasteiger partial charge < -0.3 is 14.3 Å². The first-order valence-electron chi connectivity index (χ1n) is 12.1. The molecule has 3 aliphatic heterocycles. The van der Waals surface area contributed by atoms with Gasteiger partial charge in [-0.25, -0.2) is 17.6 Å². The molecule has 1 aromatic heterocycles. The van der Waals surface area contributed by atoms with Crippen LogP contribution in [-0.4, -0.2) is 40.8 Å². The molecule has 4 unspecified atom stereocenters. The van der Waals surface area contributed by atoms with Crippen molar-refractivity contribution in [2.75, 3.05) is 20.2 Å². The molecule has 6 rings (SSSR count). The predicted octanol–water partition coefficient (Wildman–Crippen LogP) is 5.75. The number of rotatable bonds is 6. The van der Waals surface area contributed by atoms with E-state index >= 15 is 8.78 Å². The molecule has 8 heteroatoms. The van der Waals surface area contributed by atoms with Crippen LogP contribution in [0.4, 0.5) is 17.6 Å². The number of hydrogen-bond acceptors (Lipinski definition) is 3. The SMILES string of the molecule is C=CC1C[N+]2(Cc3c(F)c(F)c(C)c(F)c3F)CCC1CC2[C@H](O)c1ccnc2ccc(OC)cc12. The number of fused-ring (bicyclic) bond motifs is 4. The molecule has 0 aliphatic carbocycles. The summed E-state index contributed by atoms with van der Waals surface area (Å²) in [5, 5.41) is 12.5. The monoisotopic (exact) mass is 501 g/mol. The highest BCUT2D eigenvalue weighted by Crippen LogP contribution is 2.48. The van der Waals surface area contributed by atoms with Gasteiger partial charge in [-0.15, -0.1) is 6.58 Å². The molecule has 0 radical (unpaired) electrons. The summed E-state index contributed by atoms with van der Waals surface area (Å²) < 4.78 is 64.4. The molecule has 4 heterocycles. The van der Waals surface area contributed by atoms with E-state index in [0.717, 1.165) is 18.7 Å². The minimum Gasteiger partial charge on any atom is -0.497 e. The third kappa shape index (κ3) is 3.78. The first-order valence-corrected chi connectivity index (χ1v) is 12.1. The fourth-order valence-corrected chi connectivity index (χ4v) is 6.36. The van der Waals surface area contributed by atoms with Crippen molar-refractivity contribution in [3.63, 3.8) is 0 Å². The van der Waals surface area contributed by atoms with Gasteiger partial charge in [-0.2, -0.15) is 0 Å². The Morgan fingerprint density at radius 2 is 1.89 bits per heavy atom. The van der Waals surface area contributed by atoms with Crippen molar-refractivity contribution < 1.29 is 31.9 Å². The fraction of sp³-hybridized carbons (Fsp3) is 0.393. The maximum absolute atomic E-state index is 15.0. The van der Waals surface area contributed by atoms with Crippen molar-refractivity contribution in [3.05, 3.63) is 83.1 Å². The van der Waals surface area contributed by atoms with Gasteiger partial charge >= 0.3 is 0 Å². The van der Waals surface area contributed by atoms with Crippen LogP contribution < -0.4 is 4.74 Å². The van der Waals surface area contributed by atoms with Crippen LogP contribution in [0, 0.1) is 42.0 Å². The molecule has 5 atom stereocenters. The van der Waals surface area contributed by atoms with Gasteiger partial charge in [-0.3, -0.25) is 4.98 Å². The molecule has 2 aromatic carbocycles. The van der Waals surface area contributed by atoms with E-state index in [1.807, 2.05) is 6.08 Å². The van der Waals surface area contributed by atoms with Crippen LogP contribution in [0.25, 0.3) is 10.9 Å². The zero-order chi connectivity index (χ0) is 25.8. The van der Waals surface area contributed by atoms with Crippen LogP contribution in [0.2, 0.25) is 0 Å². The summed E-state index contributed by atoms with van der Waals surface area (Å²) in [6.07, 6.45) is 3.82. The quantitative estimate of drug-likeness (QED) is 0.202. The lowest BCUT2D eigenvalue weighted by atomic mass is 9.71. The smallest absolute Gasteiger partial charge is 0.171 e. The fourth-order valence-electron chi connectivity index (χ4n) is 6.36. The molecular formula is C28H29F4N2O2+. The van der Waals surface area contributed by atoms with Gasteiger partial charge in [0.1, 0.15) is 24.4 Å². The highest BCUT2D eigenvalue weighted by atomic mass is 19.2. The summed E-state index contributed by atoms with van der Waals surface area (Å²) in [5.41, 5.74) is 0.0194. The van der Waals surface area contributed by atoms with E-state index in [0.29, 0.717) is 36.3 Å². The highest BCUT2D eigenvalue weighted by Gasteiger charge is 2.54. The predicted molar refractivity (Wildman–Crippen MR) is 128 cm³/mol. The Morgan fingerprint density at radius 3 is 2.56 bits per heavy atom. The topological polar surface area (TPSA) is 42.4 Å². The Balaban J connectivity index is 1.62. The van der Waals surface area contributed by atoms with Crippen molar-refractivity contribution >= 4 is 10.9 Å². The summed E-state index contributed by atoms with van der Waals surface area (Å²) in [6, 6.07) is 6.69. The second-order valence-corrected chi connectivity index (χ2v) is 10.1. The number of benzene rings is 2. The van der Waals surface area contributed by atoms with Crippen LogP contribution >= 0.6 is 0 Å². The van der Waals surface area contributed by atoms with Crippen molar-refractivity contribution in [1.29, 1.82) is 0 Å². The van der Waals surface area contributed by atoms with Crippen LogP contribution in [0.3, 0.4) is 0 Å². The zero-order valence-corrected chi connectivity index (χ0v) is 20.3. The van der Waals surface area contributed by atoms with Crippen molar-refractivity contribution in [1.82, 2.24) is 4.98 Å². The van der Waals surface area contributed by atoms with E-state index in [1.165, 1.54) is 0 Å². The molecular weight excluding hydrogens is 472 g/mol. The molecule has 4 nitrogen and oxygen atoms in total. The van der Waals surface area contributed by atoms with Crippen LogP contribution in [0.1, 0.15) is 35.6 Å². The van der Waals surface area contributed by atoms with Crippen LogP contribution in [0.5, 0.6) is 5.75 Å². The Hall–Kier alpha value is -2.97. The largest absolute Gasteiger partial charge is 0.497 e. The Bertz CT molecular complexity index is 1320.